The number of hydrogen-bond donors (Lipinski definition) is 3. The normalized spacial score (nSPS) is 10.1. The van der Waals surface area contributed by atoms with Crippen LogP contribution in [0.25, 0.3) is 0 Å². The number of anilines is 1. The molecule has 2 rings (SSSR count). The Morgan fingerprint density at radius 1 is 1.18 bits per heavy atom. The van der Waals surface area contributed by atoms with Crippen LogP contribution in [0.15, 0.2) is 36.4 Å². The number of ether oxygens (including phenoxy) is 1. The first kappa shape index (κ1) is 15.7. The minimum Gasteiger partial charge on any atom is -0.506 e. The molecule has 0 bridgehead atoms. The maximum atomic E-state index is 12.3. The van der Waals surface area contributed by atoms with E-state index in [9.17, 15) is 14.7 Å². The Kier molecular flexibility index (Phi) is 4.53. The summed E-state index contributed by atoms with van der Waals surface area (Å²) in [6.45, 7) is 0. The van der Waals surface area contributed by atoms with Gasteiger partial charge in [0, 0.05) is 5.02 Å². The van der Waals surface area contributed by atoms with Crippen molar-refractivity contribution in [3.05, 3.63) is 52.5 Å². The summed E-state index contributed by atoms with van der Waals surface area (Å²) in [5, 5.41) is 21.4. The molecule has 0 aliphatic rings. The molecule has 0 aliphatic carbocycles. The lowest BCUT2D eigenvalue weighted by atomic mass is 10.1. The summed E-state index contributed by atoms with van der Waals surface area (Å²) in [4.78, 5) is 23.2. The van der Waals surface area contributed by atoms with Crippen LogP contribution < -0.4 is 10.1 Å². The monoisotopic (exact) mass is 321 g/mol. The third kappa shape index (κ3) is 3.29. The van der Waals surface area contributed by atoms with Crippen molar-refractivity contribution in [1.29, 1.82) is 0 Å². The molecule has 2 aromatic rings. The first-order valence-electron chi connectivity index (χ1n) is 6.13. The summed E-state index contributed by atoms with van der Waals surface area (Å²) in [5.41, 5.74) is 0.0771. The number of halogens is 1. The zero-order valence-electron chi connectivity index (χ0n) is 11.5. The van der Waals surface area contributed by atoms with Gasteiger partial charge < -0.3 is 20.3 Å². The zero-order valence-corrected chi connectivity index (χ0v) is 12.2. The Hall–Kier alpha value is -2.73. The number of carbonyl (C=O) groups is 2. The van der Waals surface area contributed by atoms with Crippen LogP contribution in [0.3, 0.4) is 0 Å². The second kappa shape index (κ2) is 6.36. The minimum atomic E-state index is -1.17. The van der Waals surface area contributed by atoms with Gasteiger partial charge >= 0.3 is 5.97 Å². The van der Waals surface area contributed by atoms with Crippen LogP contribution in [0.5, 0.6) is 11.5 Å². The van der Waals surface area contributed by atoms with E-state index in [1.54, 1.807) is 6.07 Å². The quantitative estimate of drug-likeness (QED) is 0.752. The van der Waals surface area contributed by atoms with Crippen molar-refractivity contribution in [2.45, 2.75) is 0 Å². The second-order valence-corrected chi connectivity index (χ2v) is 4.77. The molecule has 0 aromatic heterocycles. The van der Waals surface area contributed by atoms with Gasteiger partial charge in [-0.2, -0.15) is 0 Å². The van der Waals surface area contributed by atoms with Crippen molar-refractivity contribution in [3.63, 3.8) is 0 Å². The lowest BCUT2D eigenvalue weighted by Gasteiger charge is -2.11. The summed E-state index contributed by atoms with van der Waals surface area (Å²) in [6.07, 6.45) is 0. The standard InChI is InChI=1S/C15H12ClNO5/c1-22-13-5-3-9(16)7-10(13)14(19)17-11-6-8(15(20)21)2-4-12(11)18/h2-7,18H,1H3,(H,17,19)(H,20,21). The van der Waals surface area contributed by atoms with Gasteiger partial charge in [0.05, 0.1) is 23.9 Å². The molecule has 0 unspecified atom stereocenters. The molecule has 3 N–H and O–H groups in total. The number of methoxy groups -OCH3 is 1. The van der Waals surface area contributed by atoms with Gasteiger partial charge in [0.2, 0.25) is 0 Å². The molecular formula is C15H12ClNO5. The number of phenols is 1. The van der Waals surface area contributed by atoms with E-state index in [1.165, 1.54) is 31.4 Å². The highest BCUT2D eigenvalue weighted by molar-refractivity contribution is 6.31. The van der Waals surface area contributed by atoms with E-state index in [-0.39, 0.29) is 22.6 Å². The van der Waals surface area contributed by atoms with Crippen LogP contribution in [-0.2, 0) is 0 Å². The highest BCUT2D eigenvalue weighted by Crippen LogP contribution is 2.27. The zero-order chi connectivity index (χ0) is 16.3. The van der Waals surface area contributed by atoms with Gasteiger partial charge in [-0.25, -0.2) is 4.79 Å². The Morgan fingerprint density at radius 2 is 1.91 bits per heavy atom. The molecule has 0 saturated carbocycles. The van der Waals surface area contributed by atoms with Gasteiger partial charge in [0.15, 0.2) is 0 Å². The number of phenolic OH excluding ortho intramolecular Hbond substituents is 1. The molecule has 0 aliphatic heterocycles. The maximum Gasteiger partial charge on any atom is 0.335 e. The maximum absolute atomic E-state index is 12.3. The molecule has 0 heterocycles. The number of amides is 1. The van der Waals surface area contributed by atoms with E-state index in [1.807, 2.05) is 0 Å². The van der Waals surface area contributed by atoms with Crippen molar-refractivity contribution >= 4 is 29.2 Å². The van der Waals surface area contributed by atoms with Crippen molar-refractivity contribution in [2.75, 3.05) is 12.4 Å². The van der Waals surface area contributed by atoms with E-state index in [0.717, 1.165) is 6.07 Å². The topological polar surface area (TPSA) is 95.9 Å². The van der Waals surface area contributed by atoms with Crippen molar-refractivity contribution in [2.24, 2.45) is 0 Å². The number of carbonyl (C=O) groups excluding carboxylic acids is 1. The molecule has 1 amide bonds. The largest absolute Gasteiger partial charge is 0.506 e. The van der Waals surface area contributed by atoms with Gasteiger partial charge in [0.1, 0.15) is 11.5 Å². The number of aromatic carboxylic acids is 1. The number of hydrogen-bond acceptors (Lipinski definition) is 4. The number of carboxylic acids is 1. The fraction of sp³-hybridized carbons (Fsp3) is 0.0667. The van der Waals surface area contributed by atoms with Gasteiger partial charge in [-0.05, 0) is 36.4 Å². The highest BCUT2D eigenvalue weighted by atomic mass is 35.5. The number of aromatic hydroxyl groups is 1. The molecular weight excluding hydrogens is 310 g/mol. The van der Waals surface area contributed by atoms with E-state index in [4.69, 9.17) is 21.4 Å². The summed E-state index contributed by atoms with van der Waals surface area (Å²) in [5.74, 6) is -1.71. The Balaban J connectivity index is 2.35. The summed E-state index contributed by atoms with van der Waals surface area (Å²) < 4.78 is 5.08. The third-order valence-corrected chi connectivity index (χ3v) is 3.13. The van der Waals surface area contributed by atoms with Crippen LogP contribution in [-0.4, -0.2) is 29.2 Å². The smallest absolute Gasteiger partial charge is 0.335 e. The van der Waals surface area contributed by atoms with Crippen LogP contribution >= 0.6 is 11.6 Å². The van der Waals surface area contributed by atoms with Crippen molar-refractivity contribution in [3.8, 4) is 11.5 Å². The molecule has 6 nitrogen and oxygen atoms in total. The first-order valence-corrected chi connectivity index (χ1v) is 6.51. The van der Waals surface area contributed by atoms with Gasteiger partial charge in [-0.15, -0.1) is 0 Å². The van der Waals surface area contributed by atoms with Crippen molar-refractivity contribution in [1.82, 2.24) is 0 Å². The number of benzene rings is 2. The summed E-state index contributed by atoms with van der Waals surface area (Å²) in [7, 11) is 1.41. The molecule has 2 aromatic carbocycles. The van der Waals surface area contributed by atoms with Gasteiger partial charge in [-0.1, -0.05) is 11.6 Å². The Bertz CT molecular complexity index is 745. The summed E-state index contributed by atoms with van der Waals surface area (Å²) >= 11 is 5.86. The second-order valence-electron chi connectivity index (χ2n) is 4.34. The van der Waals surface area contributed by atoms with E-state index >= 15 is 0 Å². The lowest BCUT2D eigenvalue weighted by molar-refractivity contribution is 0.0696. The molecule has 7 heteroatoms. The fourth-order valence-corrected chi connectivity index (χ4v) is 1.99. The summed E-state index contributed by atoms with van der Waals surface area (Å²) in [6, 6.07) is 8.09. The molecule has 22 heavy (non-hydrogen) atoms. The first-order chi connectivity index (χ1) is 10.4. The van der Waals surface area contributed by atoms with E-state index in [2.05, 4.69) is 5.32 Å². The fourth-order valence-electron chi connectivity index (χ4n) is 1.82. The van der Waals surface area contributed by atoms with Crippen LogP contribution in [0.1, 0.15) is 20.7 Å². The number of rotatable bonds is 4. The van der Waals surface area contributed by atoms with Crippen LogP contribution in [0, 0.1) is 0 Å². The molecule has 0 spiro atoms. The average Bonchev–Trinajstić information content (AvgIpc) is 2.49. The van der Waals surface area contributed by atoms with Gasteiger partial charge in [0.25, 0.3) is 5.91 Å². The third-order valence-electron chi connectivity index (χ3n) is 2.90. The SMILES string of the molecule is COc1ccc(Cl)cc1C(=O)Nc1cc(C(=O)O)ccc1O. The Labute approximate surface area is 130 Å². The number of carboxylic acid groups (broad SMARTS) is 1. The van der Waals surface area contributed by atoms with Crippen LogP contribution in [0.4, 0.5) is 5.69 Å². The minimum absolute atomic E-state index is 0.0214. The predicted octanol–water partition coefficient (Wildman–Crippen LogP) is 3.00. The van der Waals surface area contributed by atoms with Gasteiger partial charge in [-0.3, -0.25) is 4.79 Å². The molecule has 0 fully saturated rings. The number of nitrogens with one attached hydrogen (secondary N) is 1. The van der Waals surface area contributed by atoms with Crippen molar-refractivity contribution < 1.29 is 24.5 Å². The lowest BCUT2D eigenvalue weighted by Crippen LogP contribution is -2.14. The average molecular weight is 322 g/mol. The van der Waals surface area contributed by atoms with E-state index < -0.39 is 11.9 Å². The predicted molar refractivity (Wildman–Crippen MR) is 81.0 cm³/mol. The molecule has 0 saturated heterocycles. The molecule has 0 atom stereocenters. The van der Waals surface area contributed by atoms with E-state index in [0.29, 0.717) is 10.8 Å². The Morgan fingerprint density at radius 3 is 2.55 bits per heavy atom. The molecule has 114 valence electrons. The van der Waals surface area contributed by atoms with Crippen LogP contribution in [0.2, 0.25) is 5.02 Å². The molecule has 0 radical (unpaired) electrons. The highest BCUT2D eigenvalue weighted by Gasteiger charge is 2.16.